The maximum Gasteiger partial charge on any atom is 1.00 e. The molecule has 0 saturated heterocycles. The Morgan fingerprint density at radius 2 is 1.89 bits per heavy atom. The Morgan fingerprint density at radius 1 is 1.78 bits per heavy atom. The topological polar surface area (TPSA) is 57.9 Å². The van der Waals surface area contributed by atoms with Gasteiger partial charge in [0.15, 0.2) is 11.7 Å². The minimum Gasteiger partial charge on any atom is -1.00 e. The molecule has 0 aliphatic rings. The maximum absolute atomic E-state index is 9.32. The van der Waals surface area contributed by atoms with Crippen molar-refractivity contribution in [2.45, 2.75) is 0 Å². The molecule has 0 bridgehead atoms. The Kier molecular flexibility index (Phi) is 28.6. The first-order valence-electron chi connectivity index (χ1n) is 1.40. The van der Waals surface area contributed by atoms with E-state index in [4.69, 9.17) is 10.1 Å². The third-order valence-corrected chi connectivity index (χ3v) is 0.196. The van der Waals surface area contributed by atoms with Crippen molar-refractivity contribution >= 4 is 36.0 Å². The minimum absolute atomic E-state index is 0. The van der Waals surface area contributed by atoms with E-state index < -0.39 is 5.12 Å². The van der Waals surface area contributed by atoms with Crippen molar-refractivity contribution in [2.24, 2.45) is 0 Å². The van der Waals surface area contributed by atoms with Crippen molar-refractivity contribution in [1.29, 1.82) is 5.26 Å². The van der Waals surface area contributed by atoms with Gasteiger partial charge in [-0.05, 0) is 0 Å². The fraction of sp³-hybridized carbons (Fsp3) is 0. The number of nitriles is 1. The molecular formula is C3H4NNaO2S2. The monoisotopic (exact) mass is 173 g/mol. The Labute approximate surface area is 87.4 Å². The van der Waals surface area contributed by atoms with E-state index in [-0.39, 0.29) is 31.0 Å². The zero-order valence-electron chi connectivity index (χ0n) is 5.74. The number of carbonyl (C=O) groups is 2. The van der Waals surface area contributed by atoms with Gasteiger partial charge in [-0.3, -0.25) is 9.59 Å². The van der Waals surface area contributed by atoms with E-state index >= 15 is 0 Å². The number of hydrogen-bond donors (Lipinski definition) is 2. The van der Waals surface area contributed by atoms with Crippen molar-refractivity contribution in [3.8, 4) is 6.07 Å². The molecule has 0 amide bonds. The smallest absolute Gasteiger partial charge is 1.00 e. The van der Waals surface area contributed by atoms with Crippen LogP contribution in [-0.4, -0.2) is 10.7 Å². The van der Waals surface area contributed by atoms with Gasteiger partial charge in [0.05, 0.1) is 0 Å². The third kappa shape index (κ3) is 56.8. The van der Waals surface area contributed by atoms with Crippen LogP contribution >= 0.6 is 25.3 Å². The van der Waals surface area contributed by atoms with Gasteiger partial charge < -0.3 is 1.43 Å². The van der Waals surface area contributed by atoms with Crippen LogP contribution in [0, 0.1) is 11.3 Å². The molecule has 0 saturated carbocycles. The SMILES string of the molecule is N#CC(=O)S.O=CS.[H-].[Na+]. The predicted octanol–water partition coefficient (Wildman–Crippen LogP) is -2.81. The number of carbonyl (C=O) groups excluding carboxylic acids is 2. The van der Waals surface area contributed by atoms with Crippen LogP contribution in [0.5, 0.6) is 0 Å². The quantitative estimate of drug-likeness (QED) is 0.180. The Hall–Kier alpha value is 0.530. The first-order valence-corrected chi connectivity index (χ1v) is 2.36. The molecule has 0 aromatic rings. The maximum atomic E-state index is 9.32. The molecule has 0 heterocycles. The summed E-state index contributed by atoms with van der Waals surface area (Å²) < 4.78 is 0. The van der Waals surface area contributed by atoms with Crippen LogP contribution in [0.15, 0.2) is 0 Å². The molecule has 0 unspecified atom stereocenters. The van der Waals surface area contributed by atoms with Crippen molar-refractivity contribution in [1.82, 2.24) is 0 Å². The predicted molar refractivity (Wildman–Crippen MR) is 36.5 cm³/mol. The molecule has 0 fully saturated rings. The molecule has 0 atom stereocenters. The molecule has 0 radical (unpaired) electrons. The van der Waals surface area contributed by atoms with Crippen LogP contribution in [0.4, 0.5) is 0 Å². The molecule has 0 N–H and O–H groups in total. The first kappa shape index (κ1) is 16.3. The molecule has 0 aliphatic carbocycles. The summed E-state index contributed by atoms with van der Waals surface area (Å²) in [6.45, 7) is 0. The van der Waals surface area contributed by atoms with Crippen LogP contribution < -0.4 is 29.6 Å². The molecular weight excluding hydrogens is 169 g/mol. The normalized spacial score (nSPS) is 4.56. The van der Waals surface area contributed by atoms with Gasteiger partial charge in [0.1, 0.15) is 0 Å². The Morgan fingerprint density at radius 3 is 1.89 bits per heavy atom. The molecule has 3 nitrogen and oxygen atoms in total. The first-order chi connectivity index (χ1) is 3.68. The van der Waals surface area contributed by atoms with Crippen molar-refractivity contribution in [2.75, 3.05) is 0 Å². The van der Waals surface area contributed by atoms with Gasteiger partial charge in [-0.25, -0.2) is 0 Å². The summed E-state index contributed by atoms with van der Waals surface area (Å²) >= 11 is 6.21. The molecule has 46 valence electrons. The van der Waals surface area contributed by atoms with E-state index in [9.17, 15) is 4.79 Å². The van der Waals surface area contributed by atoms with E-state index in [0.29, 0.717) is 5.62 Å². The van der Waals surface area contributed by atoms with Crippen molar-refractivity contribution in [3.63, 3.8) is 0 Å². The number of thiol groups is 2. The van der Waals surface area contributed by atoms with Crippen molar-refractivity contribution < 1.29 is 40.6 Å². The van der Waals surface area contributed by atoms with Crippen LogP contribution in [0.2, 0.25) is 0 Å². The summed E-state index contributed by atoms with van der Waals surface area (Å²) in [5.41, 5.74) is 0.444. The van der Waals surface area contributed by atoms with E-state index in [1.165, 1.54) is 6.07 Å². The van der Waals surface area contributed by atoms with Gasteiger partial charge in [0.25, 0.3) is 5.12 Å². The molecule has 0 spiro atoms. The van der Waals surface area contributed by atoms with E-state index in [0.717, 1.165) is 0 Å². The summed E-state index contributed by atoms with van der Waals surface area (Å²) in [6, 6.07) is 1.25. The van der Waals surface area contributed by atoms with Gasteiger partial charge in [-0.1, -0.05) is 12.6 Å². The molecule has 9 heavy (non-hydrogen) atoms. The average molecular weight is 173 g/mol. The van der Waals surface area contributed by atoms with Gasteiger partial charge >= 0.3 is 29.6 Å². The zero-order valence-corrected chi connectivity index (χ0v) is 8.52. The molecule has 0 aliphatic heterocycles. The van der Waals surface area contributed by atoms with E-state index in [1.807, 2.05) is 0 Å². The fourth-order valence-electron chi connectivity index (χ4n) is 0. The second-order valence-electron chi connectivity index (χ2n) is 0.522. The standard InChI is InChI=1S/C2HNOS.CH2OS.Na.H/c3-1-2(4)5;2-1-3;;/h(H,4,5);1H,(H,2,3);;/q;;+1;-1. The summed E-state index contributed by atoms with van der Waals surface area (Å²) in [6.07, 6.45) is 0. The van der Waals surface area contributed by atoms with Crippen molar-refractivity contribution in [3.05, 3.63) is 0 Å². The zero-order chi connectivity index (χ0) is 6.99. The molecule has 0 rings (SSSR count). The average Bonchev–Trinajstić information content (AvgIpc) is 1.69. The Bertz CT molecular complexity index is 126. The Balaban J connectivity index is -0.0000000326. The summed E-state index contributed by atoms with van der Waals surface area (Å²) in [5.74, 6) is 0. The van der Waals surface area contributed by atoms with Crippen LogP contribution in [-0.2, 0) is 9.59 Å². The number of rotatable bonds is 0. The summed E-state index contributed by atoms with van der Waals surface area (Å²) in [7, 11) is 0. The summed E-state index contributed by atoms with van der Waals surface area (Å²) in [4.78, 5) is 18.0. The van der Waals surface area contributed by atoms with Crippen LogP contribution in [0.25, 0.3) is 0 Å². The largest absolute Gasteiger partial charge is 1.00 e. The number of nitrogens with zero attached hydrogens (tertiary/aromatic N) is 1. The molecule has 0 aromatic heterocycles. The van der Waals surface area contributed by atoms with E-state index in [1.54, 1.807) is 0 Å². The third-order valence-electron chi connectivity index (χ3n) is 0.0956. The molecule has 0 aromatic carbocycles. The molecule has 6 heteroatoms. The second kappa shape index (κ2) is 15.8. The van der Waals surface area contributed by atoms with Crippen LogP contribution in [0.1, 0.15) is 1.43 Å². The number of hydrogen-bond acceptors (Lipinski definition) is 3. The van der Waals surface area contributed by atoms with Gasteiger partial charge in [0, 0.05) is 0 Å². The fourth-order valence-corrected chi connectivity index (χ4v) is 0. The van der Waals surface area contributed by atoms with Gasteiger partial charge in [-0.15, -0.1) is 12.6 Å². The van der Waals surface area contributed by atoms with E-state index in [2.05, 4.69) is 25.3 Å². The minimum atomic E-state index is -0.745. The van der Waals surface area contributed by atoms with Gasteiger partial charge in [0.2, 0.25) is 0 Å². The van der Waals surface area contributed by atoms with Crippen LogP contribution in [0.3, 0.4) is 0 Å². The summed E-state index contributed by atoms with van der Waals surface area (Å²) in [5, 5.41) is 6.72. The van der Waals surface area contributed by atoms with Gasteiger partial charge in [-0.2, -0.15) is 5.26 Å². The second-order valence-corrected chi connectivity index (χ2v) is 1.14.